The fourth-order valence-electron chi connectivity index (χ4n) is 3.14. The Morgan fingerprint density at radius 1 is 0.955 bits per heavy atom. The van der Waals surface area contributed by atoms with E-state index in [0.717, 1.165) is 38.4 Å². The van der Waals surface area contributed by atoms with Crippen LogP contribution in [0.2, 0.25) is 0 Å². The van der Waals surface area contributed by atoms with Crippen LogP contribution in [0.5, 0.6) is 0 Å². The van der Waals surface area contributed by atoms with Crippen LogP contribution in [0.4, 0.5) is 5.69 Å². The summed E-state index contributed by atoms with van der Waals surface area (Å²) in [5, 5.41) is 1.19. The lowest BCUT2D eigenvalue weighted by atomic mass is 10.2. The normalized spacial score (nSPS) is 16.3. The van der Waals surface area contributed by atoms with E-state index in [1.54, 1.807) is 0 Å². The van der Waals surface area contributed by atoms with Crippen molar-refractivity contribution in [2.45, 2.75) is 6.54 Å². The molecule has 1 aliphatic rings. The molecule has 0 radical (unpaired) electrons. The van der Waals surface area contributed by atoms with Crippen molar-refractivity contribution in [2.75, 3.05) is 31.1 Å². The summed E-state index contributed by atoms with van der Waals surface area (Å²) in [6.45, 7) is 5.33. The number of pyridine rings is 1. The molecule has 0 atom stereocenters. The van der Waals surface area contributed by atoms with Crippen molar-refractivity contribution >= 4 is 16.7 Å². The Balaban J connectivity index is 1.39. The highest BCUT2D eigenvalue weighted by atomic mass is 15.3. The molecule has 112 valence electrons. The molecule has 0 unspecified atom stereocenters. The van der Waals surface area contributed by atoms with Crippen molar-refractivity contribution in [1.82, 2.24) is 14.9 Å². The molecular weight excluding hydrogens is 272 g/mol. The fraction of sp³-hybridized carbons (Fsp3) is 0.278. The van der Waals surface area contributed by atoms with Gasteiger partial charge in [0.2, 0.25) is 0 Å². The van der Waals surface area contributed by atoms with Crippen LogP contribution in [0, 0.1) is 0 Å². The first-order valence-electron chi connectivity index (χ1n) is 7.83. The zero-order valence-electron chi connectivity index (χ0n) is 12.6. The van der Waals surface area contributed by atoms with Gasteiger partial charge in [0.1, 0.15) is 5.65 Å². The fourth-order valence-corrected chi connectivity index (χ4v) is 3.14. The lowest BCUT2D eigenvalue weighted by molar-refractivity contribution is 0.247. The van der Waals surface area contributed by atoms with E-state index in [0.29, 0.717) is 0 Å². The molecule has 1 aliphatic heterocycles. The molecule has 4 nitrogen and oxygen atoms in total. The second-order valence-electron chi connectivity index (χ2n) is 5.83. The number of fused-ring (bicyclic) bond motifs is 1. The van der Waals surface area contributed by atoms with E-state index in [1.807, 2.05) is 12.3 Å². The van der Waals surface area contributed by atoms with Crippen molar-refractivity contribution < 1.29 is 0 Å². The number of nitrogens with one attached hydrogen (secondary N) is 1. The molecule has 4 heteroatoms. The van der Waals surface area contributed by atoms with Gasteiger partial charge in [-0.05, 0) is 30.3 Å². The van der Waals surface area contributed by atoms with E-state index < -0.39 is 0 Å². The SMILES string of the molecule is c1ccc(N2CCN(Cc3cc4cccnc4[nH]3)CC2)cc1. The number of benzene rings is 1. The summed E-state index contributed by atoms with van der Waals surface area (Å²) in [6.07, 6.45) is 1.83. The molecule has 0 spiro atoms. The smallest absolute Gasteiger partial charge is 0.137 e. The first kappa shape index (κ1) is 13.3. The van der Waals surface area contributed by atoms with E-state index in [2.05, 4.69) is 62.2 Å². The molecule has 0 saturated carbocycles. The molecular formula is C18H20N4. The monoisotopic (exact) mass is 292 g/mol. The van der Waals surface area contributed by atoms with E-state index in [1.165, 1.54) is 16.8 Å². The summed E-state index contributed by atoms with van der Waals surface area (Å²) >= 11 is 0. The van der Waals surface area contributed by atoms with Crippen molar-refractivity contribution in [3.8, 4) is 0 Å². The van der Waals surface area contributed by atoms with Crippen LogP contribution in [0.1, 0.15) is 5.69 Å². The highest BCUT2D eigenvalue weighted by Gasteiger charge is 2.17. The average Bonchev–Trinajstić information content (AvgIpc) is 2.98. The van der Waals surface area contributed by atoms with Crippen LogP contribution in [-0.2, 0) is 6.54 Å². The summed E-state index contributed by atoms with van der Waals surface area (Å²) in [5.74, 6) is 0. The molecule has 22 heavy (non-hydrogen) atoms. The van der Waals surface area contributed by atoms with E-state index in [4.69, 9.17) is 0 Å². The Morgan fingerprint density at radius 3 is 2.55 bits per heavy atom. The third-order valence-electron chi connectivity index (χ3n) is 4.34. The molecule has 4 rings (SSSR count). The number of para-hydroxylation sites is 1. The predicted molar refractivity (Wildman–Crippen MR) is 90.0 cm³/mol. The minimum absolute atomic E-state index is 0.971. The van der Waals surface area contributed by atoms with Crippen molar-refractivity contribution in [3.63, 3.8) is 0 Å². The van der Waals surface area contributed by atoms with Gasteiger partial charge in [-0.3, -0.25) is 4.90 Å². The molecule has 1 fully saturated rings. The van der Waals surface area contributed by atoms with E-state index in [9.17, 15) is 0 Å². The maximum Gasteiger partial charge on any atom is 0.137 e. The van der Waals surface area contributed by atoms with Crippen LogP contribution in [-0.4, -0.2) is 41.0 Å². The predicted octanol–water partition coefficient (Wildman–Crippen LogP) is 2.89. The van der Waals surface area contributed by atoms with Crippen molar-refractivity contribution in [2.24, 2.45) is 0 Å². The number of hydrogen-bond donors (Lipinski definition) is 1. The topological polar surface area (TPSA) is 35.2 Å². The van der Waals surface area contributed by atoms with Gasteiger partial charge in [0.25, 0.3) is 0 Å². The minimum Gasteiger partial charge on any atom is -0.369 e. The zero-order chi connectivity index (χ0) is 14.8. The van der Waals surface area contributed by atoms with Crippen molar-refractivity contribution in [3.05, 3.63) is 60.4 Å². The standard InChI is InChI=1S/C18H20N4/c1-2-6-17(7-3-1)22-11-9-21(10-12-22)14-16-13-15-5-4-8-19-18(15)20-16/h1-8,13H,9-12,14H2,(H,19,20). The Hall–Kier alpha value is -2.33. The van der Waals surface area contributed by atoms with Gasteiger partial charge in [-0.2, -0.15) is 0 Å². The highest BCUT2D eigenvalue weighted by molar-refractivity contribution is 5.76. The Kier molecular flexibility index (Phi) is 3.52. The van der Waals surface area contributed by atoms with Gasteiger partial charge in [-0.15, -0.1) is 0 Å². The number of piperazine rings is 1. The minimum atomic E-state index is 0.971. The van der Waals surface area contributed by atoms with E-state index >= 15 is 0 Å². The van der Waals surface area contributed by atoms with Gasteiger partial charge in [-0.1, -0.05) is 18.2 Å². The molecule has 3 aromatic rings. The summed E-state index contributed by atoms with van der Waals surface area (Å²) in [5.41, 5.74) is 3.57. The number of hydrogen-bond acceptors (Lipinski definition) is 3. The van der Waals surface area contributed by atoms with Crippen molar-refractivity contribution in [1.29, 1.82) is 0 Å². The van der Waals surface area contributed by atoms with Gasteiger partial charge >= 0.3 is 0 Å². The molecule has 3 heterocycles. The van der Waals surface area contributed by atoms with Crippen LogP contribution in [0.25, 0.3) is 11.0 Å². The van der Waals surface area contributed by atoms with Crippen LogP contribution >= 0.6 is 0 Å². The Bertz CT molecular complexity index is 709. The first-order chi connectivity index (χ1) is 10.9. The number of rotatable bonds is 3. The Morgan fingerprint density at radius 2 is 1.77 bits per heavy atom. The van der Waals surface area contributed by atoms with Gasteiger partial charge in [0, 0.05) is 55.7 Å². The van der Waals surface area contributed by atoms with E-state index in [-0.39, 0.29) is 0 Å². The van der Waals surface area contributed by atoms with Gasteiger partial charge in [-0.25, -0.2) is 4.98 Å². The molecule has 0 aliphatic carbocycles. The quantitative estimate of drug-likeness (QED) is 0.806. The molecule has 0 bridgehead atoms. The molecule has 1 saturated heterocycles. The van der Waals surface area contributed by atoms with Gasteiger partial charge in [0.05, 0.1) is 0 Å². The van der Waals surface area contributed by atoms with Crippen LogP contribution < -0.4 is 4.90 Å². The molecule has 2 aromatic heterocycles. The zero-order valence-corrected chi connectivity index (χ0v) is 12.6. The molecule has 1 N–H and O–H groups in total. The summed E-state index contributed by atoms with van der Waals surface area (Å²) in [6, 6.07) is 17.0. The molecule has 1 aromatic carbocycles. The second kappa shape index (κ2) is 5.81. The summed E-state index contributed by atoms with van der Waals surface area (Å²) < 4.78 is 0. The van der Waals surface area contributed by atoms with Gasteiger partial charge < -0.3 is 9.88 Å². The maximum atomic E-state index is 4.36. The lowest BCUT2D eigenvalue weighted by Gasteiger charge is -2.35. The molecule has 0 amide bonds. The lowest BCUT2D eigenvalue weighted by Crippen LogP contribution is -2.46. The number of nitrogens with zero attached hydrogens (tertiary/aromatic N) is 3. The second-order valence-corrected chi connectivity index (χ2v) is 5.83. The number of aromatic amines is 1. The number of aromatic nitrogens is 2. The van der Waals surface area contributed by atoms with Gasteiger partial charge in [0.15, 0.2) is 0 Å². The Labute approximate surface area is 130 Å². The summed E-state index contributed by atoms with van der Waals surface area (Å²) in [4.78, 5) is 12.7. The first-order valence-corrected chi connectivity index (χ1v) is 7.83. The third-order valence-corrected chi connectivity index (χ3v) is 4.34. The number of H-pyrrole nitrogens is 1. The average molecular weight is 292 g/mol. The summed E-state index contributed by atoms with van der Waals surface area (Å²) in [7, 11) is 0. The highest BCUT2D eigenvalue weighted by Crippen LogP contribution is 2.18. The maximum absolute atomic E-state index is 4.36. The van der Waals surface area contributed by atoms with Crippen LogP contribution in [0.3, 0.4) is 0 Å². The third kappa shape index (κ3) is 2.70. The van der Waals surface area contributed by atoms with Crippen LogP contribution in [0.15, 0.2) is 54.7 Å². The number of anilines is 1. The largest absolute Gasteiger partial charge is 0.369 e.